The Morgan fingerprint density at radius 1 is 1.21 bits per heavy atom. The molecule has 1 amide bonds. The Kier molecular flexibility index (Phi) is 10.6. The number of piperidine rings is 1. The number of carbonyl (C=O) groups is 1. The maximum atomic E-state index is 12.3. The van der Waals surface area contributed by atoms with Crippen molar-refractivity contribution in [3.63, 3.8) is 0 Å². The fourth-order valence-electron chi connectivity index (χ4n) is 5.32. The van der Waals surface area contributed by atoms with Crippen LogP contribution in [0.4, 0.5) is 17.3 Å². The Bertz CT molecular complexity index is 1480. The molecule has 0 aliphatic carbocycles. The summed E-state index contributed by atoms with van der Waals surface area (Å²) in [6, 6.07) is 16.4. The van der Waals surface area contributed by atoms with Crippen molar-refractivity contribution in [2.45, 2.75) is 38.8 Å². The van der Waals surface area contributed by atoms with Crippen LogP contribution in [0.5, 0.6) is 5.75 Å². The molecule has 2 aliphatic heterocycles. The highest BCUT2D eigenvalue weighted by atomic mass is 16.5. The number of nitrogens with one attached hydrogen (secondary N) is 2. The van der Waals surface area contributed by atoms with Gasteiger partial charge in [0.1, 0.15) is 5.75 Å². The van der Waals surface area contributed by atoms with Crippen LogP contribution in [0.15, 0.2) is 66.9 Å². The van der Waals surface area contributed by atoms with Gasteiger partial charge in [0.25, 0.3) is 5.91 Å². The monoisotopic (exact) mass is 580 g/mol. The number of anilines is 3. The molecule has 1 fully saturated rings. The summed E-state index contributed by atoms with van der Waals surface area (Å²) in [7, 11) is 2.13. The van der Waals surface area contributed by atoms with Crippen molar-refractivity contribution in [1.29, 1.82) is 0 Å². The molecular weight excluding hydrogens is 540 g/mol. The van der Waals surface area contributed by atoms with E-state index in [0.717, 1.165) is 79.4 Å². The van der Waals surface area contributed by atoms with Crippen molar-refractivity contribution < 1.29 is 14.3 Å². The van der Waals surface area contributed by atoms with Crippen molar-refractivity contribution in [3.05, 3.63) is 72.4 Å². The first-order chi connectivity index (χ1) is 21.1. The zero-order valence-electron chi connectivity index (χ0n) is 25.0. The molecule has 0 radical (unpaired) electrons. The lowest BCUT2D eigenvalue weighted by atomic mass is 10.0. The molecule has 1 atom stereocenters. The lowest BCUT2D eigenvalue weighted by Crippen LogP contribution is -2.49. The highest BCUT2D eigenvalue weighted by molar-refractivity contribution is 5.93. The number of nitrogens with zero attached hydrogens (tertiary/aromatic N) is 4. The SMILES string of the molecule is CC#CC(=O)N1CCCC(N(C)CCNc2cc3cc(c2)Nc2nccc(n2)-c2cccc(c2)OCC/C=C/COC3)C1. The maximum absolute atomic E-state index is 12.3. The van der Waals surface area contributed by atoms with Crippen LogP contribution in [0.3, 0.4) is 0 Å². The Morgan fingerprint density at radius 2 is 2.14 bits per heavy atom. The van der Waals surface area contributed by atoms with E-state index < -0.39 is 0 Å². The van der Waals surface area contributed by atoms with Gasteiger partial charge in [-0.2, -0.15) is 0 Å². The Hall–Kier alpha value is -4.39. The van der Waals surface area contributed by atoms with Gasteiger partial charge in [0.05, 0.1) is 25.5 Å². The van der Waals surface area contributed by atoms with Gasteiger partial charge in [-0.3, -0.25) is 9.69 Å². The fourth-order valence-corrected chi connectivity index (χ4v) is 5.32. The molecule has 2 aliphatic rings. The third-order valence-corrected chi connectivity index (χ3v) is 7.57. The molecule has 224 valence electrons. The van der Waals surface area contributed by atoms with Crippen LogP contribution in [0, 0.1) is 11.8 Å². The van der Waals surface area contributed by atoms with Gasteiger partial charge in [0.15, 0.2) is 0 Å². The average molecular weight is 581 g/mol. The second-order valence-electron chi connectivity index (χ2n) is 10.8. The zero-order valence-corrected chi connectivity index (χ0v) is 25.0. The van der Waals surface area contributed by atoms with E-state index in [1.54, 1.807) is 13.1 Å². The first-order valence-corrected chi connectivity index (χ1v) is 14.9. The molecule has 43 heavy (non-hydrogen) atoms. The summed E-state index contributed by atoms with van der Waals surface area (Å²) in [6.07, 6.45) is 8.75. The van der Waals surface area contributed by atoms with Gasteiger partial charge in [-0.15, -0.1) is 0 Å². The largest absolute Gasteiger partial charge is 0.493 e. The quantitative estimate of drug-likeness (QED) is 0.318. The first kappa shape index (κ1) is 30.1. The van der Waals surface area contributed by atoms with Gasteiger partial charge in [-0.25, -0.2) is 9.97 Å². The molecule has 5 rings (SSSR count). The lowest BCUT2D eigenvalue weighted by Gasteiger charge is -2.37. The smallest absolute Gasteiger partial charge is 0.298 e. The normalized spacial score (nSPS) is 17.7. The molecule has 0 spiro atoms. The first-order valence-electron chi connectivity index (χ1n) is 14.9. The fraction of sp³-hybridized carbons (Fsp3) is 0.382. The number of carbonyl (C=O) groups excluding carboxylic acids is 1. The number of amides is 1. The number of rotatable bonds is 5. The van der Waals surface area contributed by atoms with Gasteiger partial charge in [0, 0.05) is 55.4 Å². The third kappa shape index (κ3) is 8.80. The number of fused-ring (bicyclic) bond motifs is 7. The van der Waals surface area contributed by atoms with Crippen LogP contribution in [0.2, 0.25) is 0 Å². The maximum Gasteiger partial charge on any atom is 0.298 e. The standard InChI is InChI=1S/C34H40N6O3/c1-3-9-33(41)40-16-8-11-30(24-40)39(2)17-15-35-28-20-26-21-29(23-28)37-34-36-14-13-32(38-34)27-10-7-12-31(22-27)43-19-6-4-5-18-42-25-26/h4-5,7,10,12-14,20-23,30,35H,6,8,11,15-19,24-25H2,1-2H3,(H,36,37,38)/b5-4+. The van der Waals surface area contributed by atoms with E-state index in [4.69, 9.17) is 14.5 Å². The van der Waals surface area contributed by atoms with Crippen LogP contribution < -0.4 is 15.4 Å². The minimum Gasteiger partial charge on any atom is -0.493 e. The van der Waals surface area contributed by atoms with E-state index in [2.05, 4.69) is 63.7 Å². The summed E-state index contributed by atoms with van der Waals surface area (Å²) in [5, 5.41) is 6.98. The topological polar surface area (TPSA) is 91.9 Å². The van der Waals surface area contributed by atoms with E-state index in [1.165, 1.54) is 0 Å². The number of benzene rings is 2. The summed E-state index contributed by atoms with van der Waals surface area (Å²) >= 11 is 0. The van der Waals surface area contributed by atoms with Crippen LogP contribution in [-0.2, 0) is 16.1 Å². The van der Waals surface area contributed by atoms with Crippen molar-refractivity contribution in [3.8, 4) is 28.8 Å². The minimum atomic E-state index is -0.0754. The summed E-state index contributed by atoms with van der Waals surface area (Å²) < 4.78 is 11.9. The van der Waals surface area contributed by atoms with E-state index in [9.17, 15) is 4.79 Å². The molecule has 1 aromatic heterocycles. The number of hydrogen-bond donors (Lipinski definition) is 2. The Morgan fingerprint density at radius 3 is 3.05 bits per heavy atom. The second-order valence-corrected chi connectivity index (χ2v) is 10.8. The van der Waals surface area contributed by atoms with Gasteiger partial charge in [0.2, 0.25) is 5.95 Å². The van der Waals surface area contributed by atoms with Gasteiger partial charge in [-0.1, -0.05) is 30.2 Å². The molecule has 9 nitrogen and oxygen atoms in total. The summed E-state index contributed by atoms with van der Waals surface area (Å²) in [6.45, 7) is 6.39. The van der Waals surface area contributed by atoms with Crippen LogP contribution >= 0.6 is 0 Å². The predicted molar refractivity (Wildman–Crippen MR) is 170 cm³/mol. The van der Waals surface area contributed by atoms with E-state index in [-0.39, 0.29) is 5.91 Å². The number of likely N-dealkylation sites (tertiary alicyclic amines) is 1. The minimum absolute atomic E-state index is 0.0754. The molecule has 2 aromatic carbocycles. The van der Waals surface area contributed by atoms with Gasteiger partial charge in [-0.05, 0) is 81.1 Å². The highest BCUT2D eigenvalue weighted by Crippen LogP contribution is 2.26. The van der Waals surface area contributed by atoms with Crippen molar-refractivity contribution >= 4 is 23.2 Å². The Labute approximate surface area is 254 Å². The van der Waals surface area contributed by atoms with Crippen molar-refractivity contribution in [1.82, 2.24) is 19.8 Å². The molecular formula is C34H40N6O3. The molecule has 3 heterocycles. The molecule has 1 unspecified atom stereocenters. The van der Waals surface area contributed by atoms with E-state index in [1.807, 2.05) is 41.3 Å². The summed E-state index contributed by atoms with van der Waals surface area (Å²) in [5.74, 6) is 6.66. The molecule has 1 saturated heterocycles. The molecule has 9 heteroatoms. The number of likely N-dealkylation sites (N-methyl/N-ethyl adjacent to an activating group) is 1. The average Bonchev–Trinajstić information content (AvgIpc) is 3.02. The zero-order chi connectivity index (χ0) is 29.9. The second kappa shape index (κ2) is 15.2. The van der Waals surface area contributed by atoms with Crippen molar-refractivity contribution in [2.24, 2.45) is 0 Å². The molecule has 6 bridgehead atoms. The number of ether oxygens (including phenoxy) is 2. The molecule has 3 aromatic rings. The van der Waals surface area contributed by atoms with E-state index >= 15 is 0 Å². The van der Waals surface area contributed by atoms with Crippen LogP contribution in [0.25, 0.3) is 11.3 Å². The van der Waals surface area contributed by atoms with Crippen molar-refractivity contribution in [2.75, 3.05) is 57.1 Å². The molecule has 2 N–H and O–H groups in total. The summed E-state index contributed by atoms with van der Waals surface area (Å²) in [5.41, 5.74) is 4.69. The van der Waals surface area contributed by atoms with Crippen LogP contribution in [-0.4, -0.2) is 78.2 Å². The lowest BCUT2D eigenvalue weighted by molar-refractivity contribution is -0.127. The predicted octanol–water partition coefficient (Wildman–Crippen LogP) is 5.10. The molecule has 0 saturated carbocycles. The Balaban J connectivity index is 1.28. The highest BCUT2D eigenvalue weighted by Gasteiger charge is 2.25. The van der Waals surface area contributed by atoms with Crippen LogP contribution in [0.1, 0.15) is 31.7 Å². The van der Waals surface area contributed by atoms with Gasteiger partial charge >= 0.3 is 0 Å². The number of hydrogen-bond acceptors (Lipinski definition) is 8. The summed E-state index contributed by atoms with van der Waals surface area (Å²) in [4.78, 5) is 25.7. The van der Waals surface area contributed by atoms with E-state index in [0.29, 0.717) is 31.8 Å². The van der Waals surface area contributed by atoms with Gasteiger partial charge < -0.3 is 25.0 Å². The number of aromatic nitrogens is 2. The third-order valence-electron chi connectivity index (χ3n) is 7.57.